The van der Waals surface area contributed by atoms with Gasteiger partial charge in [-0.25, -0.2) is 4.98 Å². The summed E-state index contributed by atoms with van der Waals surface area (Å²) in [7, 11) is 0. The van der Waals surface area contributed by atoms with Gasteiger partial charge in [0.25, 0.3) is 11.5 Å². The molecule has 2 heterocycles. The molecule has 6 heteroatoms. The second kappa shape index (κ2) is 5.38. The lowest BCUT2D eigenvalue weighted by molar-refractivity contribution is 0.102. The summed E-state index contributed by atoms with van der Waals surface area (Å²) in [6.45, 7) is 5.43. The molecule has 0 aliphatic rings. The van der Waals surface area contributed by atoms with Crippen molar-refractivity contribution in [2.24, 2.45) is 0 Å². The first-order valence-electron chi connectivity index (χ1n) is 6.83. The van der Waals surface area contributed by atoms with E-state index in [0.717, 1.165) is 11.3 Å². The Kier molecular flexibility index (Phi) is 3.54. The Morgan fingerprint density at radius 3 is 2.68 bits per heavy atom. The van der Waals surface area contributed by atoms with Crippen molar-refractivity contribution in [3.05, 3.63) is 62.5 Å². The van der Waals surface area contributed by atoms with Gasteiger partial charge in [-0.05, 0) is 32.4 Å². The van der Waals surface area contributed by atoms with Crippen LogP contribution < -0.4 is 10.9 Å². The van der Waals surface area contributed by atoms with Gasteiger partial charge in [0, 0.05) is 16.6 Å². The maximum absolute atomic E-state index is 12.6. The van der Waals surface area contributed by atoms with E-state index in [0.29, 0.717) is 16.2 Å². The van der Waals surface area contributed by atoms with E-state index in [2.05, 4.69) is 10.3 Å². The standard InChI is InChI=1S/C16H15N3O2S/c1-9-6-4-5-7-12(9)14(20)18-13-11(3)17-16-19(15(13)21)10(2)8-22-16/h4-8H,1-3H3,(H,18,20). The van der Waals surface area contributed by atoms with Crippen LogP contribution in [0.1, 0.15) is 27.3 Å². The van der Waals surface area contributed by atoms with Crippen molar-refractivity contribution in [1.29, 1.82) is 0 Å². The van der Waals surface area contributed by atoms with E-state index in [1.807, 2.05) is 31.4 Å². The van der Waals surface area contributed by atoms with Crippen molar-refractivity contribution < 1.29 is 4.79 Å². The van der Waals surface area contributed by atoms with Crippen LogP contribution in [0.4, 0.5) is 5.69 Å². The molecule has 0 aliphatic heterocycles. The number of rotatable bonds is 2. The lowest BCUT2D eigenvalue weighted by Gasteiger charge is -2.09. The molecule has 0 spiro atoms. The number of carbonyl (C=O) groups is 1. The zero-order valence-electron chi connectivity index (χ0n) is 12.5. The van der Waals surface area contributed by atoms with E-state index >= 15 is 0 Å². The maximum Gasteiger partial charge on any atom is 0.282 e. The normalized spacial score (nSPS) is 10.9. The molecule has 0 aliphatic carbocycles. The number of thiazole rings is 1. The van der Waals surface area contributed by atoms with Gasteiger partial charge in [-0.15, -0.1) is 11.3 Å². The van der Waals surface area contributed by atoms with Crippen molar-refractivity contribution >= 4 is 27.9 Å². The average Bonchev–Trinajstić information content (AvgIpc) is 2.84. The van der Waals surface area contributed by atoms with Gasteiger partial charge < -0.3 is 5.32 Å². The molecule has 0 saturated heterocycles. The summed E-state index contributed by atoms with van der Waals surface area (Å²) >= 11 is 1.41. The zero-order chi connectivity index (χ0) is 15.9. The third kappa shape index (κ3) is 2.31. The first-order valence-corrected chi connectivity index (χ1v) is 7.71. The van der Waals surface area contributed by atoms with Crippen LogP contribution in [0.5, 0.6) is 0 Å². The third-order valence-electron chi connectivity index (χ3n) is 3.55. The largest absolute Gasteiger partial charge is 0.316 e. The van der Waals surface area contributed by atoms with E-state index in [1.165, 1.54) is 15.7 Å². The molecule has 112 valence electrons. The van der Waals surface area contributed by atoms with Gasteiger partial charge >= 0.3 is 0 Å². The highest BCUT2D eigenvalue weighted by Gasteiger charge is 2.16. The number of amides is 1. The maximum atomic E-state index is 12.6. The Morgan fingerprint density at radius 2 is 1.95 bits per heavy atom. The summed E-state index contributed by atoms with van der Waals surface area (Å²) in [4.78, 5) is 30.0. The molecule has 5 nitrogen and oxygen atoms in total. The summed E-state index contributed by atoms with van der Waals surface area (Å²) in [6.07, 6.45) is 0. The van der Waals surface area contributed by atoms with E-state index in [-0.39, 0.29) is 17.2 Å². The molecular weight excluding hydrogens is 298 g/mol. The van der Waals surface area contributed by atoms with Crippen LogP contribution in [-0.2, 0) is 0 Å². The van der Waals surface area contributed by atoms with Gasteiger partial charge in [0.15, 0.2) is 4.96 Å². The van der Waals surface area contributed by atoms with Gasteiger partial charge in [0.2, 0.25) is 0 Å². The second-order valence-electron chi connectivity index (χ2n) is 5.14. The lowest BCUT2D eigenvalue weighted by Crippen LogP contribution is -2.25. The van der Waals surface area contributed by atoms with Gasteiger partial charge in [-0.1, -0.05) is 18.2 Å². The average molecular weight is 313 g/mol. The number of aryl methyl sites for hydroxylation is 3. The Balaban J connectivity index is 2.08. The second-order valence-corrected chi connectivity index (χ2v) is 5.98. The fraction of sp³-hybridized carbons (Fsp3) is 0.188. The van der Waals surface area contributed by atoms with Crippen molar-refractivity contribution in [2.75, 3.05) is 5.32 Å². The molecule has 2 aromatic heterocycles. The van der Waals surface area contributed by atoms with E-state index in [4.69, 9.17) is 0 Å². The van der Waals surface area contributed by atoms with Crippen LogP contribution in [0.25, 0.3) is 4.96 Å². The van der Waals surface area contributed by atoms with Crippen LogP contribution >= 0.6 is 11.3 Å². The highest BCUT2D eigenvalue weighted by molar-refractivity contribution is 7.15. The summed E-state index contributed by atoms with van der Waals surface area (Å²) in [5.74, 6) is -0.298. The molecule has 0 unspecified atom stereocenters. The van der Waals surface area contributed by atoms with Crippen LogP contribution in [-0.4, -0.2) is 15.3 Å². The number of benzene rings is 1. The number of hydrogen-bond acceptors (Lipinski definition) is 4. The van der Waals surface area contributed by atoms with Crippen LogP contribution in [0.2, 0.25) is 0 Å². The molecule has 3 aromatic rings. The third-order valence-corrected chi connectivity index (χ3v) is 4.49. The Morgan fingerprint density at radius 1 is 1.23 bits per heavy atom. The molecular formula is C16H15N3O2S. The summed E-state index contributed by atoms with van der Waals surface area (Å²) < 4.78 is 1.52. The molecule has 0 fully saturated rings. The minimum atomic E-state index is -0.298. The first kappa shape index (κ1) is 14.5. The summed E-state index contributed by atoms with van der Waals surface area (Å²) in [6, 6.07) is 7.26. The SMILES string of the molecule is Cc1ccccc1C(=O)Nc1c(C)nc2scc(C)n2c1=O. The number of hydrogen-bond donors (Lipinski definition) is 1. The van der Waals surface area contributed by atoms with Gasteiger partial charge in [-0.2, -0.15) is 0 Å². The highest BCUT2D eigenvalue weighted by Crippen LogP contribution is 2.17. The van der Waals surface area contributed by atoms with Crippen molar-refractivity contribution in [3.8, 4) is 0 Å². The number of nitrogens with one attached hydrogen (secondary N) is 1. The molecule has 1 amide bonds. The van der Waals surface area contributed by atoms with Gasteiger partial charge in [-0.3, -0.25) is 14.0 Å². The molecule has 0 saturated carbocycles. The van der Waals surface area contributed by atoms with Crippen molar-refractivity contribution in [1.82, 2.24) is 9.38 Å². The van der Waals surface area contributed by atoms with Crippen LogP contribution in [0, 0.1) is 20.8 Å². The number of anilines is 1. The van der Waals surface area contributed by atoms with Crippen molar-refractivity contribution in [2.45, 2.75) is 20.8 Å². The van der Waals surface area contributed by atoms with Crippen LogP contribution in [0.3, 0.4) is 0 Å². The topological polar surface area (TPSA) is 63.5 Å². The van der Waals surface area contributed by atoms with E-state index in [1.54, 1.807) is 19.1 Å². The molecule has 0 atom stereocenters. The first-order chi connectivity index (χ1) is 10.5. The fourth-order valence-electron chi connectivity index (χ4n) is 2.34. The Bertz CT molecular complexity index is 940. The molecule has 22 heavy (non-hydrogen) atoms. The Hall–Kier alpha value is -2.47. The molecule has 3 rings (SSSR count). The zero-order valence-corrected chi connectivity index (χ0v) is 13.3. The molecule has 0 bridgehead atoms. The van der Waals surface area contributed by atoms with Crippen molar-refractivity contribution in [3.63, 3.8) is 0 Å². The van der Waals surface area contributed by atoms with Crippen LogP contribution in [0.15, 0.2) is 34.4 Å². The van der Waals surface area contributed by atoms with Gasteiger partial charge in [0.1, 0.15) is 5.69 Å². The van der Waals surface area contributed by atoms with Gasteiger partial charge in [0.05, 0.1) is 5.69 Å². The smallest absolute Gasteiger partial charge is 0.282 e. The van der Waals surface area contributed by atoms with E-state index in [9.17, 15) is 9.59 Å². The lowest BCUT2D eigenvalue weighted by atomic mass is 10.1. The number of fused-ring (bicyclic) bond motifs is 1. The minimum absolute atomic E-state index is 0.229. The number of nitrogens with zero attached hydrogens (tertiary/aromatic N) is 2. The summed E-state index contributed by atoms with van der Waals surface area (Å²) in [5, 5.41) is 4.59. The minimum Gasteiger partial charge on any atom is -0.316 e. The monoisotopic (exact) mass is 313 g/mol. The Labute approximate surface area is 131 Å². The fourth-order valence-corrected chi connectivity index (χ4v) is 3.24. The summed E-state index contributed by atoms with van der Waals surface area (Å²) in [5.41, 5.74) is 2.72. The molecule has 1 N–H and O–H groups in total. The van der Waals surface area contributed by atoms with E-state index < -0.39 is 0 Å². The quantitative estimate of drug-likeness (QED) is 0.791. The highest BCUT2D eigenvalue weighted by atomic mass is 32.1. The predicted molar refractivity (Wildman–Crippen MR) is 87.9 cm³/mol. The molecule has 1 aromatic carbocycles. The number of aromatic nitrogens is 2. The molecule has 0 radical (unpaired) electrons. The predicted octanol–water partition coefficient (Wildman–Crippen LogP) is 2.93. The number of carbonyl (C=O) groups excluding carboxylic acids is 1.